The number of nitrogens with one attached hydrogen (secondary N) is 1. The van der Waals surface area contributed by atoms with E-state index in [0.29, 0.717) is 6.04 Å². The van der Waals surface area contributed by atoms with E-state index in [9.17, 15) is 0 Å². The van der Waals surface area contributed by atoms with Crippen LogP contribution in [0.2, 0.25) is 0 Å². The van der Waals surface area contributed by atoms with Gasteiger partial charge in [-0.3, -0.25) is 4.68 Å². The predicted molar refractivity (Wildman–Crippen MR) is 54.9 cm³/mol. The number of aryl methyl sites for hydroxylation is 1. The fourth-order valence-corrected chi connectivity index (χ4v) is 2.06. The van der Waals surface area contributed by atoms with Crippen LogP contribution in [0.1, 0.15) is 25.0 Å². The molecule has 1 aliphatic rings. The zero-order valence-electron chi connectivity index (χ0n) is 8.90. The zero-order valence-corrected chi connectivity index (χ0v) is 8.90. The van der Waals surface area contributed by atoms with E-state index in [1.165, 1.54) is 19.3 Å². The number of hydrogen-bond donors (Lipinski definition) is 1. The van der Waals surface area contributed by atoms with E-state index in [0.717, 1.165) is 18.0 Å². The Morgan fingerprint density at radius 1 is 1.64 bits per heavy atom. The lowest BCUT2D eigenvalue weighted by atomic mass is 9.78. The molecule has 2 rings (SSSR count). The molecule has 1 heterocycles. The second kappa shape index (κ2) is 4.09. The van der Waals surface area contributed by atoms with E-state index in [1.54, 1.807) is 4.68 Å². The molecule has 0 saturated heterocycles. The average molecular weight is 194 g/mol. The monoisotopic (exact) mass is 194 g/mol. The molecule has 1 saturated carbocycles. The van der Waals surface area contributed by atoms with Gasteiger partial charge in [-0.15, -0.1) is 5.10 Å². The number of nitrogens with zero attached hydrogens (tertiary/aromatic N) is 3. The lowest BCUT2D eigenvalue weighted by molar-refractivity contribution is 0.235. The van der Waals surface area contributed by atoms with Crippen LogP contribution in [0.3, 0.4) is 0 Å². The van der Waals surface area contributed by atoms with E-state index in [1.807, 2.05) is 20.3 Å². The third-order valence-electron chi connectivity index (χ3n) is 3.17. The molecule has 1 aromatic heterocycles. The van der Waals surface area contributed by atoms with Gasteiger partial charge < -0.3 is 5.32 Å². The van der Waals surface area contributed by atoms with E-state index in [-0.39, 0.29) is 0 Å². The molecule has 4 nitrogen and oxygen atoms in total. The molecule has 0 radical (unpaired) electrons. The number of hydrogen-bond acceptors (Lipinski definition) is 3. The molecule has 1 atom stereocenters. The van der Waals surface area contributed by atoms with Crippen LogP contribution >= 0.6 is 0 Å². The highest BCUT2D eigenvalue weighted by atomic mass is 15.4. The van der Waals surface area contributed by atoms with Gasteiger partial charge in [0.05, 0.1) is 5.69 Å². The molecule has 0 aliphatic heterocycles. The fraction of sp³-hybridized carbons (Fsp3) is 0.800. The fourth-order valence-electron chi connectivity index (χ4n) is 2.06. The maximum atomic E-state index is 4.12. The minimum absolute atomic E-state index is 0.584. The molecule has 0 bridgehead atoms. The minimum Gasteiger partial charge on any atom is -0.316 e. The molecule has 1 aliphatic carbocycles. The molecule has 1 fully saturated rings. The standard InChI is InChI=1S/C10H18N4/c1-11-10(8-4-3-5-8)6-9-7-14(2)13-12-9/h7-8,10-11H,3-6H2,1-2H3. The SMILES string of the molecule is CNC(Cc1cn(C)nn1)C1CCC1. The molecule has 1 N–H and O–H groups in total. The molecule has 4 heteroatoms. The summed E-state index contributed by atoms with van der Waals surface area (Å²) in [5, 5.41) is 11.4. The minimum atomic E-state index is 0.584. The number of aromatic nitrogens is 3. The van der Waals surface area contributed by atoms with E-state index in [2.05, 4.69) is 15.6 Å². The molecule has 1 unspecified atom stereocenters. The molecular weight excluding hydrogens is 176 g/mol. The van der Waals surface area contributed by atoms with Gasteiger partial charge in [0.1, 0.15) is 0 Å². The Morgan fingerprint density at radius 3 is 2.86 bits per heavy atom. The molecule has 0 spiro atoms. The third kappa shape index (κ3) is 1.95. The second-order valence-corrected chi connectivity index (χ2v) is 4.17. The summed E-state index contributed by atoms with van der Waals surface area (Å²) in [4.78, 5) is 0. The van der Waals surface area contributed by atoms with Crippen molar-refractivity contribution in [2.24, 2.45) is 13.0 Å². The molecule has 14 heavy (non-hydrogen) atoms. The van der Waals surface area contributed by atoms with Crippen molar-refractivity contribution in [3.63, 3.8) is 0 Å². The summed E-state index contributed by atoms with van der Waals surface area (Å²) in [5.74, 6) is 0.849. The first kappa shape index (κ1) is 9.65. The Bertz CT molecular complexity index is 290. The summed E-state index contributed by atoms with van der Waals surface area (Å²) in [6, 6.07) is 0.584. The van der Waals surface area contributed by atoms with Gasteiger partial charge in [0.15, 0.2) is 0 Å². The van der Waals surface area contributed by atoms with Gasteiger partial charge in [-0.1, -0.05) is 11.6 Å². The first-order valence-electron chi connectivity index (χ1n) is 5.32. The van der Waals surface area contributed by atoms with Crippen LogP contribution in [0.5, 0.6) is 0 Å². The van der Waals surface area contributed by atoms with Crippen LogP contribution in [-0.2, 0) is 13.5 Å². The van der Waals surface area contributed by atoms with Crippen molar-refractivity contribution in [2.75, 3.05) is 7.05 Å². The summed E-state index contributed by atoms with van der Waals surface area (Å²) in [6.45, 7) is 0. The van der Waals surface area contributed by atoms with Gasteiger partial charge in [-0.05, 0) is 25.8 Å². The van der Waals surface area contributed by atoms with Gasteiger partial charge in [0, 0.05) is 25.7 Å². The van der Waals surface area contributed by atoms with E-state index < -0.39 is 0 Å². The van der Waals surface area contributed by atoms with Gasteiger partial charge in [-0.25, -0.2) is 0 Å². The lowest BCUT2D eigenvalue weighted by Gasteiger charge is -2.33. The molecule has 0 amide bonds. The third-order valence-corrected chi connectivity index (χ3v) is 3.17. The van der Waals surface area contributed by atoms with Crippen LogP contribution in [0.25, 0.3) is 0 Å². The average Bonchev–Trinajstić information content (AvgIpc) is 2.47. The van der Waals surface area contributed by atoms with Crippen LogP contribution in [0.4, 0.5) is 0 Å². The maximum Gasteiger partial charge on any atom is 0.0842 e. The first-order valence-corrected chi connectivity index (χ1v) is 5.32. The normalized spacial score (nSPS) is 19.3. The van der Waals surface area contributed by atoms with Crippen molar-refractivity contribution in [3.05, 3.63) is 11.9 Å². The highest BCUT2D eigenvalue weighted by molar-refractivity contribution is 4.98. The number of rotatable bonds is 4. The van der Waals surface area contributed by atoms with Crippen LogP contribution in [0.15, 0.2) is 6.20 Å². The van der Waals surface area contributed by atoms with Gasteiger partial charge in [0.25, 0.3) is 0 Å². The maximum absolute atomic E-state index is 4.12. The summed E-state index contributed by atoms with van der Waals surface area (Å²) < 4.78 is 1.77. The summed E-state index contributed by atoms with van der Waals surface area (Å²) in [7, 11) is 3.95. The Balaban J connectivity index is 1.93. The van der Waals surface area contributed by atoms with Crippen molar-refractivity contribution in [1.29, 1.82) is 0 Å². The molecular formula is C10H18N4. The number of likely N-dealkylation sites (N-methyl/N-ethyl adjacent to an activating group) is 1. The van der Waals surface area contributed by atoms with Gasteiger partial charge in [-0.2, -0.15) is 0 Å². The van der Waals surface area contributed by atoms with Crippen LogP contribution in [0, 0.1) is 5.92 Å². The Kier molecular flexibility index (Phi) is 2.82. The van der Waals surface area contributed by atoms with E-state index in [4.69, 9.17) is 0 Å². The van der Waals surface area contributed by atoms with E-state index >= 15 is 0 Å². The van der Waals surface area contributed by atoms with Crippen LogP contribution < -0.4 is 5.32 Å². The summed E-state index contributed by atoms with van der Waals surface area (Å²) in [6.07, 6.45) is 7.14. The first-order chi connectivity index (χ1) is 6.79. The van der Waals surface area contributed by atoms with Crippen molar-refractivity contribution >= 4 is 0 Å². The van der Waals surface area contributed by atoms with Gasteiger partial charge in [0.2, 0.25) is 0 Å². The quantitative estimate of drug-likeness (QED) is 0.769. The zero-order chi connectivity index (χ0) is 9.97. The lowest BCUT2D eigenvalue weighted by Crippen LogP contribution is -2.39. The summed E-state index contributed by atoms with van der Waals surface area (Å²) >= 11 is 0. The molecule has 0 aromatic carbocycles. The predicted octanol–water partition coefficient (Wildman–Crippen LogP) is 0.746. The van der Waals surface area contributed by atoms with Crippen LogP contribution in [-0.4, -0.2) is 28.1 Å². The molecule has 1 aromatic rings. The second-order valence-electron chi connectivity index (χ2n) is 4.17. The molecule has 78 valence electrons. The smallest absolute Gasteiger partial charge is 0.0842 e. The largest absolute Gasteiger partial charge is 0.316 e. The highest BCUT2D eigenvalue weighted by Crippen LogP contribution is 2.30. The Hall–Kier alpha value is -0.900. The van der Waals surface area contributed by atoms with Gasteiger partial charge >= 0.3 is 0 Å². The Labute approximate surface area is 84.7 Å². The summed E-state index contributed by atoms with van der Waals surface area (Å²) in [5.41, 5.74) is 1.10. The highest BCUT2D eigenvalue weighted by Gasteiger charge is 2.26. The van der Waals surface area contributed by atoms with Crippen molar-refractivity contribution in [1.82, 2.24) is 20.3 Å². The van der Waals surface area contributed by atoms with Crippen molar-refractivity contribution in [3.8, 4) is 0 Å². The Morgan fingerprint density at radius 2 is 2.43 bits per heavy atom. The van der Waals surface area contributed by atoms with Crippen molar-refractivity contribution < 1.29 is 0 Å². The topological polar surface area (TPSA) is 42.7 Å². The van der Waals surface area contributed by atoms with Crippen molar-refractivity contribution in [2.45, 2.75) is 31.7 Å².